The fourth-order valence-electron chi connectivity index (χ4n) is 2.65. The van der Waals surface area contributed by atoms with Crippen LogP contribution in [0.25, 0.3) is 11.0 Å². The van der Waals surface area contributed by atoms with Crippen LogP contribution in [0.4, 0.5) is 0 Å². The first-order valence-electron chi connectivity index (χ1n) is 6.79. The number of furan rings is 1. The lowest BCUT2D eigenvalue weighted by Crippen LogP contribution is -2.26. The van der Waals surface area contributed by atoms with Gasteiger partial charge in [-0.1, -0.05) is 19.1 Å². The van der Waals surface area contributed by atoms with E-state index in [-0.39, 0.29) is 5.91 Å². The van der Waals surface area contributed by atoms with E-state index < -0.39 is 0 Å². The fraction of sp³-hybridized carbons (Fsp3) is 0.438. The average Bonchev–Trinajstić information content (AvgIpc) is 2.91. The van der Waals surface area contributed by atoms with Gasteiger partial charge in [0.15, 0.2) is 5.76 Å². The molecule has 100 valence electrons. The average molecular weight is 257 g/mol. The molecule has 1 fully saturated rings. The highest BCUT2D eigenvalue weighted by Crippen LogP contribution is 2.32. The predicted octanol–water partition coefficient (Wildman–Crippen LogP) is 3.50. The van der Waals surface area contributed by atoms with E-state index in [9.17, 15) is 4.79 Å². The summed E-state index contributed by atoms with van der Waals surface area (Å²) in [5.74, 6) is 0.977. The molecule has 2 unspecified atom stereocenters. The third kappa shape index (κ3) is 1.93. The lowest BCUT2D eigenvalue weighted by Gasteiger charge is -2.01. The van der Waals surface area contributed by atoms with Crippen molar-refractivity contribution in [3.05, 3.63) is 34.6 Å². The van der Waals surface area contributed by atoms with Gasteiger partial charge in [0.05, 0.1) is 0 Å². The summed E-state index contributed by atoms with van der Waals surface area (Å²) in [4.78, 5) is 12.2. The van der Waals surface area contributed by atoms with E-state index in [0.29, 0.717) is 17.7 Å². The Kier molecular flexibility index (Phi) is 2.66. The van der Waals surface area contributed by atoms with Gasteiger partial charge in [0, 0.05) is 17.0 Å². The van der Waals surface area contributed by atoms with Gasteiger partial charge < -0.3 is 9.73 Å². The summed E-state index contributed by atoms with van der Waals surface area (Å²) >= 11 is 0. The molecule has 0 aliphatic heterocycles. The predicted molar refractivity (Wildman–Crippen MR) is 75.5 cm³/mol. The summed E-state index contributed by atoms with van der Waals surface area (Å²) in [5.41, 5.74) is 4.01. The van der Waals surface area contributed by atoms with E-state index in [2.05, 4.69) is 25.2 Å². The Hall–Kier alpha value is -1.77. The zero-order valence-corrected chi connectivity index (χ0v) is 11.8. The second-order valence-electron chi connectivity index (χ2n) is 5.75. The summed E-state index contributed by atoms with van der Waals surface area (Å²) in [6.45, 7) is 8.17. The Morgan fingerprint density at radius 1 is 1.26 bits per heavy atom. The van der Waals surface area contributed by atoms with E-state index in [4.69, 9.17) is 4.42 Å². The maximum absolute atomic E-state index is 12.2. The molecule has 0 radical (unpaired) electrons. The van der Waals surface area contributed by atoms with Crippen LogP contribution in [0.3, 0.4) is 0 Å². The molecule has 1 amide bonds. The molecule has 0 saturated heterocycles. The number of hydrogen-bond donors (Lipinski definition) is 1. The molecule has 2 atom stereocenters. The monoisotopic (exact) mass is 257 g/mol. The number of carbonyl (C=O) groups is 1. The van der Waals surface area contributed by atoms with E-state index in [1.54, 1.807) is 0 Å². The van der Waals surface area contributed by atoms with Gasteiger partial charge in [-0.3, -0.25) is 4.79 Å². The van der Waals surface area contributed by atoms with Crippen LogP contribution in [0.5, 0.6) is 0 Å². The minimum Gasteiger partial charge on any atom is -0.450 e. The summed E-state index contributed by atoms with van der Waals surface area (Å²) in [5, 5.41) is 4.11. The molecule has 3 nitrogen and oxygen atoms in total. The summed E-state index contributed by atoms with van der Waals surface area (Å²) < 4.78 is 5.82. The largest absolute Gasteiger partial charge is 0.450 e. The van der Waals surface area contributed by atoms with Gasteiger partial charge in [0.1, 0.15) is 5.58 Å². The number of fused-ring (bicyclic) bond motifs is 1. The van der Waals surface area contributed by atoms with Crippen molar-refractivity contribution in [1.29, 1.82) is 0 Å². The van der Waals surface area contributed by atoms with Crippen LogP contribution in [0.1, 0.15) is 40.6 Å². The van der Waals surface area contributed by atoms with Crippen molar-refractivity contribution in [1.82, 2.24) is 5.32 Å². The fourth-order valence-corrected chi connectivity index (χ4v) is 2.65. The lowest BCUT2D eigenvalue weighted by atomic mass is 10.0. The molecule has 1 aromatic carbocycles. The van der Waals surface area contributed by atoms with Crippen LogP contribution < -0.4 is 5.32 Å². The van der Waals surface area contributed by atoms with Gasteiger partial charge in [-0.25, -0.2) is 0 Å². The number of nitrogens with one attached hydrogen (secondary N) is 1. The topological polar surface area (TPSA) is 42.2 Å². The molecule has 1 aliphatic carbocycles. The first kappa shape index (κ1) is 12.3. The summed E-state index contributed by atoms with van der Waals surface area (Å²) in [6, 6.07) is 4.43. The molecular weight excluding hydrogens is 238 g/mol. The molecule has 1 saturated carbocycles. The molecule has 1 aliphatic rings. The Morgan fingerprint density at radius 2 is 1.89 bits per heavy atom. The number of rotatable bonds is 2. The zero-order chi connectivity index (χ0) is 13.7. The minimum absolute atomic E-state index is 0.0816. The molecule has 1 aromatic heterocycles. The van der Waals surface area contributed by atoms with Crippen LogP contribution in [-0.4, -0.2) is 11.9 Å². The number of carbonyl (C=O) groups excluding carboxylic acids is 1. The molecule has 3 rings (SSSR count). The van der Waals surface area contributed by atoms with Crippen molar-refractivity contribution in [2.75, 3.05) is 0 Å². The van der Waals surface area contributed by atoms with Gasteiger partial charge in [-0.2, -0.15) is 0 Å². The van der Waals surface area contributed by atoms with Crippen molar-refractivity contribution in [3.8, 4) is 0 Å². The smallest absolute Gasteiger partial charge is 0.287 e. The molecule has 0 bridgehead atoms. The van der Waals surface area contributed by atoms with Crippen molar-refractivity contribution in [2.24, 2.45) is 5.92 Å². The molecular formula is C16H19NO2. The van der Waals surface area contributed by atoms with E-state index >= 15 is 0 Å². The highest BCUT2D eigenvalue weighted by molar-refractivity contribution is 6.00. The van der Waals surface area contributed by atoms with E-state index in [1.165, 1.54) is 0 Å². The molecule has 1 N–H and O–H groups in total. The maximum Gasteiger partial charge on any atom is 0.287 e. The quantitative estimate of drug-likeness (QED) is 0.894. The summed E-state index contributed by atoms with van der Waals surface area (Å²) in [7, 11) is 0. The van der Waals surface area contributed by atoms with Crippen molar-refractivity contribution >= 4 is 16.9 Å². The molecule has 2 aromatic rings. The van der Waals surface area contributed by atoms with Crippen LogP contribution in [0, 0.1) is 26.7 Å². The van der Waals surface area contributed by atoms with Gasteiger partial charge in [-0.15, -0.1) is 0 Å². The second-order valence-corrected chi connectivity index (χ2v) is 5.75. The number of aryl methyl sites for hydroxylation is 3. The molecule has 3 heteroatoms. The standard InChI is InChI=1S/C16H19NO2/c1-8-5-6-9(2)14-13(8)11(4)15(19-14)16(18)17-12-7-10(12)3/h5-6,10,12H,7H2,1-4H3,(H,17,18). The van der Waals surface area contributed by atoms with Crippen LogP contribution >= 0.6 is 0 Å². The van der Waals surface area contributed by atoms with E-state index in [0.717, 1.165) is 34.1 Å². The SMILES string of the molecule is Cc1ccc(C)c2c(C)c(C(=O)NC3CC3C)oc12. The normalized spacial score (nSPS) is 21.7. The maximum atomic E-state index is 12.2. The molecule has 0 spiro atoms. The van der Waals surface area contributed by atoms with E-state index in [1.807, 2.05) is 19.9 Å². The van der Waals surface area contributed by atoms with Crippen molar-refractivity contribution in [3.63, 3.8) is 0 Å². The van der Waals surface area contributed by atoms with Gasteiger partial charge >= 0.3 is 0 Å². The van der Waals surface area contributed by atoms with Gasteiger partial charge in [0.25, 0.3) is 5.91 Å². The third-order valence-electron chi connectivity index (χ3n) is 4.11. The van der Waals surface area contributed by atoms with Gasteiger partial charge in [0.2, 0.25) is 0 Å². The van der Waals surface area contributed by atoms with Crippen molar-refractivity contribution in [2.45, 2.75) is 40.2 Å². The first-order valence-corrected chi connectivity index (χ1v) is 6.79. The minimum atomic E-state index is -0.0816. The first-order chi connectivity index (χ1) is 8.99. The highest BCUT2D eigenvalue weighted by atomic mass is 16.3. The lowest BCUT2D eigenvalue weighted by molar-refractivity contribution is 0.0923. The molecule has 19 heavy (non-hydrogen) atoms. The van der Waals surface area contributed by atoms with Crippen LogP contribution in [0.15, 0.2) is 16.5 Å². The second kappa shape index (κ2) is 4.12. The number of hydrogen-bond acceptors (Lipinski definition) is 2. The Bertz CT molecular complexity index is 669. The Labute approximate surface area is 113 Å². The van der Waals surface area contributed by atoms with Crippen LogP contribution in [-0.2, 0) is 0 Å². The molecule has 1 heterocycles. The van der Waals surface area contributed by atoms with Gasteiger partial charge in [-0.05, 0) is 44.2 Å². The number of amides is 1. The number of benzene rings is 1. The van der Waals surface area contributed by atoms with Crippen molar-refractivity contribution < 1.29 is 9.21 Å². The highest BCUT2D eigenvalue weighted by Gasteiger charge is 2.35. The zero-order valence-electron chi connectivity index (χ0n) is 11.8. The summed E-state index contributed by atoms with van der Waals surface area (Å²) in [6.07, 6.45) is 1.07. The Morgan fingerprint density at radius 3 is 2.47 bits per heavy atom. The van der Waals surface area contributed by atoms with Crippen LogP contribution in [0.2, 0.25) is 0 Å². The third-order valence-corrected chi connectivity index (χ3v) is 4.11. The Balaban J connectivity index is 2.04.